The Morgan fingerprint density at radius 1 is 1.32 bits per heavy atom. The molecule has 0 amide bonds. The largest absolute Gasteiger partial charge is 0.464 e. The Labute approximate surface area is 116 Å². The van der Waals surface area contributed by atoms with Gasteiger partial charge in [-0.05, 0) is 43.4 Å². The molecule has 0 aliphatic rings. The highest BCUT2D eigenvalue weighted by Crippen LogP contribution is 2.16. The molecule has 19 heavy (non-hydrogen) atoms. The molecule has 1 atom stereocenters. The van der Waals surface area contributed by atoms with E-state index in [0.717, 1.165) is 5.56 Å². The van der Waals surface area contributed by atoms with E-state index < -0.39 is 5.54 Å². The topological polar surface area (TPSA) is 52.3 Å². The van der Waals surface area contributed by atoms with Crippen molar-refractivity contribution in [2.24, 2.45) is 11.7 Å². The lowest BCUT2D eigenvalue weighted by Gasteiger charge is -2.23. The summed E-state index contributed by atoms with van der Waals surface area (Å²) in [4.78, 5) is 12.0. The summed E-state index contributed by atoms with van der Waals surface area (Å²) in [6.07, 6.45) is 0.491. The second kappa shape index (κ2) is 6.20. The van der Waals surface area contributed by atoms with Gasteiger partial charge in [0.05, 0.1) is 6.61 Å². The van der Waals surface area contributed by atoms with Crippen molar-refractivity contribution in [1.29, 1.82) is 0 Å². The molecule has 0 fully saturated rings. The van der Waals surface area contributed by atoms with Crippen molar-refractivity contribution < 1.29 is 9.53 Å². The minimum atomic E-state index is -0.976. The maximum absolute atomic E-state index is 12.0. The molecule has 0 radical (unpaired) electrons. The molecule has 0 heterocycles. The van der Waals surface area contributed by atoms with E-state index in [1.807, 2.05) is 19.9 Å². The number of ether oxygens (including phenoxy) is 1. The first-order chi connectivity index (χ1) is 8.72. The standard InChI is InChI=1S/C16H25NO2/c1-11(2)10-19-15(18)16(5,17)9-14-7-6-12(3)13(4)8-14/h6-8,11H,9-10,17H2,1-5H3/t16-/m0/s1. The van der Waals surface area contributed by atoms with Crippen molar-refractivity contribution >= 4 is 5.97 Å². The van der Waals surface area contributed by atoms with Crippen molar-refractivity contribution in [2.45, 2.75) is 46.6 Å². The molecule has 0 aromatic heterocycles. The number of hydrogen-bond acceptors (Lipinski definition) is 3. The smallest absolute Gasteiger partial charge is 0.326 e. The van der Waals surface area contributed by atoms with Crippen LogP contribution in [-0.4, -0.2) is 18.1 Å². The molecule has 2 N–H and O–H groups in total. The Hall–Kier alpha value is -1.35. The number of carbonyl (C=O) groups is 1. The van der Waals surface area contributed by atoms with Crippen molar-refractivity contribution in [3.63, 3.8) is 0 Å². The molecule has 3 heteroatoms. The number of carbonyl (C=O) groups excluding carboxylic acids is 1. The zero-order chi connectivity index (χ0) is 14.6. The average molecular weight is 263 g/mol. The minimum Gasteiger partial charge on any atom is -0.464 e. The van der Waals surface area contributed by atoms with Crippen LogP contribution in [0.5, 0.6) is 0 Å². The highest BCUT2D eigenvalue weighted by atomic mass is 16.5. The summed E-state index contributed by atoms with van der Waals surface area (Å²) in [7, 11) is 0. The molecule has 0 spiro atoms. The van der Waals surface area contributed by atoms with E-state index in [0.29, 0.717) is 18.9 Å². The van der Waals surface area contributed by atoms with Gasteiger partial charge < -0.3 is 10.5 Å². The third-order valence-corrected chi connectivity index (χ3v) is 3.16. The summed E-state index contributed by atoms with van der Waals surface area (Å²) in [5, 5.41) is 0. The first-order valence-electron chi connectivity index (χ1n) is 6.74. The van der Waals surface area contributed by atoms with Gasteiger partial charge in [0.15, 0.2) is 0 Å². The molecule has 0 saturated heterocycles. The van der Waals surface area contributed by atoms with Gasteiger partial charge in [-0.25, -0.2) is 0 Å². The second-order valence-electron chi connectivity index (χ2n) is 6.01. The van der Waals surface area contributed by atoms with Crippen LogP contribution in [-0.2, 0) is 16.0 Å². The second-order valence-corrected chi connectivity index (χ2v) is 6.01. The predicted molar refractivity (Wildman–Crippen MR) is 78.0 cm³/mol. The molecule has 0 bridgehead atoms. The summed E-state index contributed by atoms with van der Waals surface area (Å²) in [5.74, 6) is -0.0132. The Morgan fingerprint density at radius 2 is 1.95 bits per heavy atom. The van der Waals surface area contributed by atoms with Gasteiger partial charge >= 0.3 is 5.97 Å². The fourth-order valence-electron chi connectivity index (χ4n) is 1.82. The molecular weight excluding hydrogens is 238 g/mol. The predicted octanol–water partition coefficient (Wildman–Crippen LogP) is 2.76. The Bertz CT molecular complexity index is 450. The van der Waals surface area contributed by atoms with Gasteiger partial charge in [-0.15, -0.1) is 0 Å². The van der Waals surface area contributed by atoms with E-state index in [9.17, 15) is 4.79 Å². The maximum Gasteiger partial charge on any atom is 0.326 e. The Kier molecular flexibility index (Phi) is 5.12. The van der Waals surface area contributed by atoms with Crippen LogP contribution >= 0.6 is 0 Å². The lowest BCUT2D eigenvalue weighted by atomic mass is 9.92. The molecule has 106 valence electrons. The lowest BCUT2D eigenvalue weighted by molar-refractivity contribution is -0.150. The van der Waals surface area contributed by atoms with Gasteiger partial charge in [-0.1, -0.05) is 32.0 Å². The van der Waals surface area contributed by atoms with Crippen LogP contribution in [0.4, 0.5) is 0 Å². The fraction of sp³-hybridized carbons (Fsp3) is 0.562. The number of rotatable bonds is 5. The maximum atomic E-state index is 12.0. The third kappa shape index (κ3) is 4.67. The fourth-order valence-corrected chi connectivity index (χ4v) is 1.82. The number of benzene rings is 1. The molecular formula is C16H25NO2. The summed E-state index contributed by atoms with van der Waals surface area (Å²) < 4.78 is 5.23. The van der Waals surface area contributed by atoms with Gasteiger partial charge in [0.1, 0.15) is 5.54 Å². The zero-order valence-electron chi connectivity index (χ0n) is 12.6. The number of nitrogens with two attached hydrogens (primary N) is 1. The summed E-state index contributed by atoms with van der Waals surface area (Å²) in [6, 6.07) is 6.15. The molecule has 1 rings (SSSR count). The average Bonchev–Trinajstić information content (AvgIpc) is 2.30. The van der Waals surface area contributed by atoms with Crippen LogP contribution in [0.3, 0.4) is 0 Å². The van der Waals surface area contributed by atoms with Gasteiger partial charge in [-0.2, -0.15) is 0 Å². The SMILES string of the molecule is Cc1ccc(C[C@](C)(N)C(=O)OCC(C)C)cc1C. The number of hydrogen-bond donors (Lipinski definition) is 1. The van der Waals surface area contributed by atoms with Gasteiger partial charge in [0.2, 0.25) is 0 Å². The van der Waals surface area contributed by atoms with Crippen LogP contribution in [0.25, 0.3) is 0 Å². The number of aryl methyl sites for hydroxylation is 2. The van der Waals surface area contributed by atoms with E-state index in [4.69, 9.17) is 10.5 Å². The summed E-state index contributed by atoms with van der Waals surface area (Å²) in [5.41, 5.74) is 8.63. The van der Waals surface area contributed by atoms with Gasteiger partial charge in [0, 0.05) is 6.42 Å². The normalized spacial score (nSPS) is 14.3. The quantitative estimate of drug-likeness (QED) is 0.831. The first-order valence-corrected chi connectivity index (χ1v) is 6.74. The highest BCUT2D eigenvalue weighted by molar-refractivity contribution is 5.80. The van der Waals surface area contributed by atoms with E-state index >= 15 is 0 Å². The zero-order valence-corrected chi connectivity index (χ0v) is 12.6. The van der Waals surface area contributed by atoms with Crippen molar-refractivity contribution in [2.75, 3.05) is 6.61 Å². The van der Waals surface area contributed by atoms with Crippen LogP contribution < -0.4 is 5.73 Å². The molecule has 0 aliphatic carbocycles. The van der Waals surface area contributed by atoms with Crippen molar-refractivity contribution in [1.82, 2.24) is 0 Å². The van der Waals surface area contributed by atoms with Crippen LogP contribution in [0.2, 0.25) is 0 Å². The lowest BCUT2D eigenvalue weighted by Crippen LogP contribution is -2.48. The molecule has 0 unspecified atom stereocenters. The highest BCUT2D eigenvalue weighted by Gasteiger charge is 2.30. The van der Waals surface area contributed by atoms with Crippen molar-refractivity contribution in [3.05, 3.63) is 34.9 Å². The summed E-state index contributed by atoms with van der Waals surface area (Å²) in [6.45, 7) is 10.3. The van der Waals surface area contributed by atoms with E-state index in [-0.39, 0.29) is 5.97 Å². The van der Waals surface area contributed by atoms with Crippen molar-refractivity contribution in [3.8, 4) is 0 Å². The number of esters is 1. The van der Waals surface area contributed by atoms with Gasteiger partial charge in [0.25, 0.3) is 0 Å². The van der Waals surface area contributed by atoms with Crippen LogP contribution in [0.15, 0.2) is 18.2 Å². The van der Waals surface area contributed by atoms with Gasteiger partial charge in [-0.3, -0.25) is 4.79 Å². The summed E-state index contributed by atoms with van der Waals surface area (Å²) >= 11 is 0. The molecule has 1 aromatic carbocycles. The molecule has 0 aliphatic heterocycles. The Morgan fingerprint density at radius 3 is 2.47 bits per heavy atom. The molecule has 1 aromatic rings. The van der Waals surface area contributed by atoms with Crippen LogP contribution in [0, 0.1) is 19.8 Å². The van der Waals surface area contributed by atoms with E-state index in [2.05, 4.69) is 26.0 Å². The minimum absolute atomic E-state index is 0.321. The van der Waals surface area contributed by atoms with E-state index in [1.54, 1.807) is 6.92 Å². The third-order valence-electron chi connectivity index (χ3n) is 3.16. The molecule has 0 saturated carbocycles. The van der Waals surface area contributed by atoms with Crippen LogP contribution in [0.1, 0.15) is 37.5 Å². The first kappa shape index (κ1) is 15.7. The monoisotopic (exact) mass is 263 g/mol. The van der Waals surface area contributed by atoms with E-state index in [1.165, 1.54) is 11.1 Å². The Balaban J connectivity index is 2.72. The molecule has 3 nitrogen and oxygen atoms in total.